The van der Waals surface area contributed by atoms with Crippen molar-refractivity contribution < 1.29 is 4.79 Å². The maximum atomic E-state index is 10.1. The largest absolute Gasteiger partial charge is 0.345 e. The molecule has 68 valence electrons. The van der Waals surface area contributed by atoms with Crippen LogP contribution in [0.3, 0.4) is 0 Å². The Morgan fingerprint density at radius 3 is 2.18 bits per heavy atom. The number of nitrogens with zero attached hydrogens (tertiary/aromatic N) is 1. The first-order valence-corrected chi connectivity index (χ1v) is 4.02. The van der Waals surface area contributed by atoms with Gasteiger partial charge in [0.25, 0.3) is 0 Å². The van der Waals surface area contributed by atoms with Crippen molar-refractivity contribution >= 4 is 6.41 Å². The first-order chi connectivity index (χ1) is 4.83. The van der Waals surface area contributed by atoms with E-state index in [1.54, 1.807) is 0 Å². The Morgan fingerprint density at radius 1 is 1.45 bits per heavy atom. The summed E-state index contributed by atoms with van der Waals surface area (Å²) >= 11 is 0. The molecule has 0 aromatic carbocycles. The van der Waals surface area contributed by atoms with Gasteiger partial charge in [-0.15, -0.1) is 0 Å². The van der Waals surface area contributed by atoms with Crippen molar-refractivity contribution in [2.24, 2.45) is 5.92 Å². The molecule has 2 nitrogen and oxygen atoms in total. The Morgan fingerprint density at radius 2 is 2.00 bits per heavy atom. The Labute approximate surface area is 70.6 Å². The highest BCUT2D eigenvalue weighted by molar-refractivity contribution is 5.47. The highest BCUT2D eigenvalue weighted by Gasteiger charge is 2.15. The van der Waals surface area contributed by atoms with E-state index in [-0.39, 0.29) is 7.43 Å². The maximum Gasteiger partial charge on any atom is 0.209 e. The van der Waals surface area contributed by atoms with Gasteiger partial charge >= 0.3 is 0 Å². The van der Waals surface area contributed by atoms with Gasteiger partial charge in [0.15, 0.2) is 0 Å². The molecule has 1 fully saturated rings. The average Bonchev–Trinajstić information content (AvgIpc) is 2.40. The second-order valence-corrected chi connectivity index (χ2v) is 2.49. The maximum absolute atomic E-state index is 10.1. The minimum Gasteiger partial charge on any atom is -0.345 e. The van der Waals surface area contributed by atoms with Crippen molar-refractivity contribution in [2.75, 3.05) is 13.1 Å². The SMILES string of the molecule is C.CC.CC1CCN(C=O)C1. The van der Waals surface area contributed by atoms with Gasteiger partial charge < -0.3 is 4.90 Å². The van der Waals surface area contributed by atoms with Gasteiger partial charge in [-0.2, -0.15) is 0 Å². The molecule has 0 radical (unpaired) electrons. The van der Waals surface area contributed by atoms with Gasteiger partial charge in [0.1, 0.15) is 0 Å². The molecule has 0 spiro atoms. The third-order valence-electron chi connectivity index (χ3n) is 1.60. The zero-order valence-electron chi connectivity index (χ0n) is 7.13. The minimum absolute atomic E-state index is 0. The average molecular weight is 159 g/mol. The molecule has 0 bridgehead atoms. The van der Waals surface area contributed by atoms with E-state index in [0.29, 0.717) is 0 Å². The number of amides is 1. The molecule has 2 heteroatoms. The normalized spacial score (nSPS) is 21.4. The molecule has 0 aliphatic carbocycles. The predicted octanol–water partition coefficient (Wildman–Crippen LogP) is 2.15. The van der Waals surface area contributed by atoms with Crippen LogP contribution in [0.4, 0.5) is 0 Å². The number of hydrogen-bond donors (Lipinski definition) is 0. The number of hydrogen-bond acceptors (Lipinski definition) is 1. The first kappa shape index (κ1) is 13.1. The van der Waals surface area contributed by atoms with E-state index in [4.69, 9.17) is 0 Å². The van der Waals surface area contributed by atoms with Crippen molar-refractivity contribution in [1.29, 1.82) is 0 Å². The predicted molar refractivity (Wildman–Crippen MR) is 49.5 cm³/mol. The Kier molecular flexibility index (Phi) is 9.01. The van der Waals surface area contributed by atoms with Gasteiger partial charge in [-0.1, -0.05) is 28.2 Å². The third kappa shape index (κ3) is 4.82. The van der Waals surface area contributed by atoms with Crippen molar-refractivity contribution in [1.82, 2.24) is 4.90 Å². The van der Waals surface area contributed by atoms with Gasteiger partial charge in [0, 0.05) is 13.1 Å². The fourth-order valence-corrected chi connectivity index (χ4v) is 1.06. The Balaban J connectivity index is 0. The fourth-order valence-electron chi connectivity index (χ4n) is 1.06. The molecule has 1 rings (SSSR count). The second kappa shape index (κ2) is 7.58. The first-order valence-electron chi connectivity index (χ1n) is 4.02. The van der Waals surface area contributed by atoms with Crippen LogP contribution in [0.25, 0.3) is 0 Å². The molecular weight excluding hydrogens is 138 g/mol. The zero-order valence-corrected chi connectivity index (χ0v) is 7.13. The lowest BCUT2D eigenvalue weighted by atomic mass is 10.2. The topological polar surface area (TPSA) is 20.3 Å². The van der Waals surface area contributed by atoms with E-state index < -0.39 is 0 Å². The molecule has 0 saturated carbocycles. The molecule has 1 unspecified atom stereocenters. The van der Waals surface area contributed by atoms with Crippen LogP contribution in [0.1, 0.15) is 34.6 Å². The van der Waals surface area contributed by atoms with Crippen LogP contribution in [0, 0.1) is 5.92 Å². The molecule has 1 saturated heterocycles. The Hall–Kier alpha value is -0.530. The van der Waals surface area contributed by atoms with E-state index in [2.05, 4.69) is 6.92 Å². The zero-order chi connectivity index (χ0) is 7.98. The van der Waals surface area contributed by atoms with Crippen LogP contribution in [-0.2, 0) is 4.79 Å². The molecule has 0 N–H and O–H groups in total. The van der Waals surface area contributed by atoms with Gasteiger partial charge in [0.05, 0.1) is 0 Å². The molecule has 1 aliphatic rings. The minimum atomic E-state index is 0. The highest BCUT2D eigenvalue weighted by Crippen LogP contribution is 2.11. The summed E-state index contributed by atoms with van der Waals surface area (Å²) in [6.45, 7) is 8.09. The number of carbonyl (C=O) groups excluding carboxylic acids is 1. The summed E-state index contributed by atoms with van der Waals surface area (Å²) in [5.74, 6) is 0.722. The fraction of sp³-hybridized carbons (Fsp3) is 0.889. The lowest BCUT2D eigenvalue weighted by Crippen LogP contribution is -2.17. The van der Waals surface area contributed by atoms with Crippen LogP contribution in [-0.4, -0.2) is 24.4 Å². The molecule has 0 aromatic heterocycles. The summed E-state index contributed by atoms with van der Waals surface area (Å²) in [5.41, 5.74) is 0. The summed E-state index contributed by atoms with van der Waals surface area (Å²) in [7, 11) is 0. The van der Waals surface area contributed by atoms with Crippen molar-refractivity contribution in [2.45, 2.75) is 34.6 Å². The standard InChI is InChI=1S/C6H11NO.C2H6.CH4/c1-6-2-3-7(4-6)5-8;1-2;/h5-6H,2-4H2,1H3;1-2H3;1H4. The van der Waals surface area contributed by atoms with Crippen LogP contribution >= 0.6 is 0 Å². The molecular formula is C9H21NO. The number of likely N-dealkylation sites (tertiary alicyclic amines) is 1. The van der Waals surface area contributed by atoms with Crippen LogP contribution in [0.5, 0.6) is 0 Å². The summed E-state index contributed by atoms with van der Waals surface area (Å²) < 4.78 is 0. The summed E-state index contributed by atoms with van der Waals surface area (Å²) in [4.78, 5) is 11.9. The van der Waals surface area contributed by atoms with Gasteiger partial charge in [-0.25, -0.2) is 0 Å². The second-order valence-electron chi connectivity index (χ2n) is 2.49. The Bertz CT molecular complexity index is 93.6. The summed E-state index contributed by atoms with van der Waals surface area (Å²) in [6.07, 6.45) is 2.11. The lowest BCUT2D eigenvalue weighted by Gasteiger charge is -2.04. The number of carbonyl (C=O) groups is 1. The lowest BCUT2D eigenvalue weighted by molar-refractivity contribution is -0.117. The van der Waals surface area contributed by atoms with Crippen molar-refractivity contribution in [3.8, 4) is 0 Å². The van der Waals surface area contributed by atoms with Gasteiger partial charge in [-0.3, -0.25) is 4.79 Å². The molecule has 1 atom stereocenters. The summed E-state index contributed by atoms with van der Waals surface area (Å²) in [5, 5.41) is 0. The quantitative estimate of drug-likeness (QED) is 0.537. The van der Waals surface area contributed by atoms with E-state index >= 15 is 0 Å². The molecule has 11 heavy (non-hydrogen) atoms. The van der Waals surface area contributed by atoms with E-state index in [1.807, 2.05) is 18.7 Å². The van der Waals surface area contributed by atoms with E-state index in [0.717, 1.165) is 25.4 Å². The van der Waals surface area contributed by atoms with Crippen LogP contribution < -0.4 is 0 Å². The van der Waals surface area contributed by atoms with Crippen LogP contribution in [0.2, 0.25) is 0 Å². The molecule has 0 aromatic rings. The third-order valence-corrected chi connectivity index (χ3v) is 1.60. The summed E-state index contributed by atoms with van der Waals surface area (Å²) in [6, 6.07) is 0. The van der Waals surface area contributed by atoms with E-state index in [9.17, 15) is 4.79 Å². The molecule has 1 heterocycles. The van der Waals surface area contributed by atoms with Crippen molar-refractivity contribution in [3.63, 3.8) is 0 Å². The molecule has 1 amide bonds. The number of rotatable bonds is 1. The molecule has 1 aliphatic heterocycles. The van der Waals surface area contributed by atoms with E-state index in [1.165, 1.54) is 6.42 Å². The highest BCUT2D eigenvalue weighted by atomic mass is 16.1. The van der Waals surface area contributed by atoms with Crippen molar-refractivity contribution in [3.05, 3.63) is 0 Å². The van der Waals surface area contributed by atoms with Crippen LogP contribution in [0.15, 0.2) is 0 Å². The monoisotopic (exact) mass is 159 g/mol. The van der Waals surface area contributed by atoms with Gasteiger partial charge in [0.2, 0.25) is 6.41 Å². The van der Waals surface area contributed by atoms with Gasteiger partial charge in [-0.05, 0) is 12.3 Å². The smallest absolute Gasteiger partial charge is 0.209 e.